The average molecular weight is 120 g/mol. The molecular formula is C4H4ClO2. The number of hydrogen-bond acceptors (Lipinski definition) is 2. The molecule has 0 aromatic rings. The van der Waals surface area contributed by atoms with E-state index in [1.165, 1.54) is 0 Å². The van der Waals surface area contributed by atoms with E-state index in [0.29, 0.717) is 0 Å². The Bertz CT molecular complexity index is 79.8. The molecule has 0 saturated carbocycles. The number of carbonyl (C=O) groups is 1. The molecule has 0 bridgehead atoms. The van der Waals surface area contributed by atoms with Gasteiger partial charge in [-0.1, -0.05) is 0 Å². The zero-order valence-corrected chi connectivity index (χ0v) is 4.36. The molecule has 0 spiro atoms. The van der Waals surface area contributed by atoms with Crippen molar-refractivity contribution in [1.82, 2.24) is 0 Å². The van der Waals surface area contributed by atoms with Crippen LogP contribution >= 0.6 is 11.6 Å². The maximum Gasteiger partial charge on any atom is 0.222 e. The molecule has 2 nitrogen and oxygen atoms in total. The van der Waals surface area contributed by atoms with E-state index in [2.05, 4.69) is 0 Å². The van der Waals surface area contributed by atoms with Crippen LogP contribution < -0.4 is 0 Å². The van der Waals surface area contributed by atoms with Crippen molar-refractivity contribution in [2.24, 2.45) is 0 Å². The first kappa shape index (κ1) is 6.63. The second-order valence-corrected chi connectivity index (χ2v) is 1.42. The minimum absolute atomic E-state index is 0.102. The molecule has 3 heteroatoms. The van der Waals surface area contributed by atoms with Crippen LogP contribution in [0.1, 0.15) is 12.8 Å². The first-order valence-corrected chi connectivity index (χ1v) is 2.18. The van der Waals surface area contributed by atoms with Crippen LogP contribution in [0, 0.1) is 0 Å². The predicted molar refractivity (Wildman–Crippen MR) is 25.8 cm³/mol. The zero-order chi connectivity index (χ0) is 5.70. The van der Waals surface area contributed by atoms with E-state index < -0.39 is 5.24 Å². The summed E-state index contributed by atoms with van der Waals surface area (Å²) in [5.74, 6) is 0. The summed E-state index contributed by atoms with van der Waals surface area (Å²) in [6.07, 6.45) is 1.76. The van der Waals surface area contributed by atoms with Gasteiger partial charge in [-0.05, 0) is 11.6 Å². The van der Waals surface area contributed by atoms with Gasteiger partial charge in [0, 0.05) is 12.8 Å². The van der Waals surface area contributed by atoms with E-state index in [4.69, 9.17) is 11.6 Å². The zero-order valence-electron chi connectivity index (χ0n) is 3.61. The van der Waals surface area contributed by atoms with Crippen LogP contribution in [-0.4, -0.2) is 11.5 Å². The Hall–Kier alpha value is -0.370. The molecule has 0 aliphatic heterocycles. The lowest BCUT2D eigenvalue weighted by atomic mass is 10.4. The SMILES string of the molecule is O=[C]CCC(=O)Cl. The molecule has 0 aromatic heterocycles. The molecule has 0 rings (SSSR count). The molecule has 0 atom stereocenters. The van der Waals surface area contributed by atoms with Crippen molar-refractivity contribution in [3.05, 3.63) is 0 Å². The number of halogens is 1. The van der Waals surface area contributed by atoms with E-state index in [9.17, 15) is 9.59 Å². The molecule has 0 unspecified atom stereocenters. The average Bonchev–Trinajstić information content (AvgIpc) is 1.61. The normalized spacial score (nSPS) is 8.14. The fraction of sp³-hybridized carbons (Fsp3) is 0.500. The summed E-state index contributed by atoms with van der Waals surface area (Å²) in [7, 11) is 0. The van der Waals surface area contributed by atoms with E-state index in [1.54, 1.807) is 6.29 Å². The molecule has 39 valence electrons. The van der Waals surface area contributed by atoms with Crippen molar-refractivity contribution in [2.75, 3.05) is 0 Å². The van der Waals surface area contributed by atoms with E-state index >= 15 is 0 Å². The molecule has 0 aliphatic rings. The number of rotatable bonds is 3. The van der Waals surface area contributed by atoms with Crippen molar-refractivity contribution in [3.63, 3.8) is 0 Å². The first-order chi connectivity index (χ1) is 3.27. The van der Waals surface area contributed by atoms with Crippen LogP contribution in [0.3, 0.4) is 0 Å². The third-order valence-corrected chi connectivity index (χ3v) is 0.613. The monoisotopic (exact) mass is 119 g/mol. The summed E-state index contributed by atoms with van der Waals surface area (Å²) in [6, 6.07) is 0. The van der Waals surface area contributed by atoms with Gasteiger partial charge in [0.05, 0.1) is 0 Å². The van der Waals surface area contributed by atoms with Crippen LogP contribution in [0.15, 0.2) is 0 Å². The van der Waals surface area contributed by atoms with Crippen LogP contribution in [0.4, 0.5) is 0 Å². The minimum Gasteiger partial charge on any atom is -0.291 e. The van der Waals surface area contributed by atoms with E-state index in [1.807, 2.05) is 0 Å². The van der Waals surface area contributed by atoms with Crippen LogP contribution in [0.25, 0.3) is 0 Å². The maximum absolute atomic E-state index is 9.79. The summed E-state index contributed by atoms with van der Waals surface area (Å²) in [6.45, 7) is 0. The Morgan fingerprint density at radius 3 is 2.43 bits per heavy atom. The Morgan fingerprint density at radius 2 is 2.29 bits per heavy atom. The minimum atomic E-state index is -0.483. The van der Waals surface area contributed by atoms with Crippen molar-refractivity contribution >= 4 is 23.1 Å². The lowest BCUT2D eigenvalue weighted by molar-refractivity contribution is -0.111. The molecule has 0 heterocycles. The molecule has 7 heavy (non-hydrogen) atoms. The molecule has 1 radical (unpaired) electrons. The third-order valence-electron chi connectivity index (χ3n) is 0.424. The van der Waals surface area contributed by atoms with Gasteiger partial charge in [0.2, 0.25) is 5.24 Å². The molecule has 0 aliphatic carbocycles. The van der Waals surface area contributed by atoms with Crippen molar-refractivity contribution in [2.45, 2.75) is 12.8 Å². The molecular weight excluding hydrogens is 115 g/mol. The summed E-state index contributed by atoms with van der Waals surface area (Å²) >= 11 is 4.84. The van der Waals surface area contributed by atoms with Gasteiger partial charge in [-0.2, -0.15) is 0 Å². The van der Waals surface area contributed by atoms with Gasteiger partial charge in [-0.3, -0.25) is 9.59 Å². The van der Waals surface area contributed by atoms with Gasteiger partial charge in [0.15, 0.2) is 6.29 Å². The van der Waals surface area contributed by atoms with Gasteiger partial charge in [0.1, 0.15) is 0 Å². The van der Waals surface area contributed by atoms with Crippen molar-refractivity contribution in [3.8, 4) is 0 Å². The second kappa shape index (κ2) is 3.81. The topological polar surface area (TPSA) is 34.1 Å². The quantitative estimate of drug-likeness (QED) is 0.511. The largest absolute Gasteiger partial charge is 0.291 e. The van der Waals surface area contributed by atoms with Gasteiger partial charge >= 0.3 is 0 Å². The Morgan fingerprint density at radius 1 is 1.71 bits per heavy atom. The van der Waals surface area contributed by atoms with E-state index in [0.717, 1.165) is 0 Å². The van der Waals surface area contributed by atoms with Crippen molar-refractivity contribution in [1.29, 1.82) is 0 Å². The smallest absolute Gasteiger partial charge is 0.222 e. The summed E-state index contributed by atoms with van der Waals surface area (Å²) in [4.78, 5) is 19.2. The molecule has 0 saturated heterocycles. The third kappa shape index (κ3) is 5.63. The predicted octanol–water partition coefficient (Wildman–Crippen LogP) is 0.642. The second-order valence-electron chi connectivity index (χ2n) is 0.999. The molecule has 0 aromatic carbocycles. The summed E-state index contributed by atoms with van der Waals surface area (Å²) in [5, 5.41) is -0.483. The van der Waals surface area contributed by atoms with E-state index in [-0.39, 0.29) is 12.8 Å². The molecule has 0 fully saturated rings. The Labute approximate surface area is 46.5 Å². The highest BCUT2D eigenvalue weighted by atomic mass is 35.5. The van der Waals surface area contributed by atoms with Crippen LogP contribution in [0.5, 0.6) is 0 Å². The number of hydrogen-bond donors (Lipinski definition) is 0. The van der Waals surface area contributed by atoms with Gasteiger partial charge in [-0.25, -0.2) is 0 Å². The highest BCUT2D eigenvalue weighted by molar-refractivity contribution is 6.63. The first-order valence-electron chi connectivity index (χ1n) is 1.80. The maximum atomic E-state index is 9.79. The summed E-state index contributed by atoms with van der Waals surface area (Å²) < 4.78 is 0. The highest BCUT2D eigenvalue weighted by Gasteiger charge is 1.91. The Kier molecular flexibility index (Phi) is 3.61. The van der Waals surface area contributed by atoms with Gasteiger partial charge in [0.25, 0.3) is 0 Å². The molecule has 0 N–H and O–H groups in total. The Balaban J connectivity index is 2.97. The fourth-order valence-electron chi connectivity index (χ4n) is 0.149. The lowest BCUT2D eigenvalue weighted by Gasteiger charge is -1.76. The van der Waals surface area contributed by atoms with Crippen LogP contribution in [-0.2, 0) is 9.59 Å². The van der Waals surface area contributed by atoms with Crippen molar-refractivity contribution < 1.29 is 9.59 Å². The fourth-order valence-corrected chi connectivity index (χ4v) is 0.244. The standard InChI is InChI=1S/C4H4ClO2/c5-4(7)2-1-3-6/h1-2H2. The summed E-state index contributed by atoms with van der Waals surface area (Å²) in [5.41, 5.74) is 0. The highest BCUT2D eigenvalue weighted by Crippen LogP contribution is 1.89. The lowest BCUT2D eigenvalue weighted by Crippen LogP contribution is -1.84. The van der Waals surface area contributed by atoms with Crippen LogP contribution in [0.2, 0.25) is 0 Å². The number of carbonyl (C=O) groups excluding carboxylic acids is 2. The van der Waals surface area contributed by atoms with Gasteiger partial charge in [-0.15, -0.1) is 0 Å². The van der Waals surface area contributed by atoms with Gasteiger partial charge < -0.3 is 0 Å². The molecule has 0 amide bonds.